The van der Waals surface area contributed by atoms with Gasteiger partial charge in [0.25, 0.3) is 5.91 Å². The Bertz CT molecular complexity index is 487. The van der Waals surface area contributed by atoms with E-state index in [1.54, 1.807) is 0 Å². The summed E-state index contributed by atoms with van der Waals surface area (Å²) in [4.78, 5) is 12.5. The van der Waals surface area contributed by atoms with Gasteiger partial charge in [-0.3, -0.25) is 4.79 Å². The number of ether oxygens (including phenoxy) is 1. The maximum absolute atomic E-state index is 12.5. The van der Waals surface area contributed by atoms with E-state index in [1.807, 2.05) is 18.2 Å². The molecule has 0 spiro atoms. The zero-order valence-corrected chi connectivity index (χ0v) is 13.5. The van der Waals surface area contributed by atoms with Gasteiger partial charge in [0.2, 0.25) is 0 Å². The van der Waals surface area contributed by atoms with Crippen molar-refractivity contribution < 1.29 is 14.6 Å². The maximum atomic E-state index is 12.5. The molecule has 1 aromatic carbocycles. The quantitative estimate of drug-likeness (QED) is 0.813. The summed E-state index contributed by atoms with van der Waals surface area (Å²) >= 11 is 0. The van der Waals surface area contributed by atoms with Crippen molar-refractivity contribution in [3.63, 3.8) is 0 Å². The second-order valence-corrected chi connectivity index (χ2v) is 6.45. The van der Waals surface area contributed by atoms with E-state index in [2.05, 4.69) is 25.2 Å². The summed E-state index contributed by atoms with van der Waals surface area (Å²) in [6.07, 6.45) is 2.09. The molecule has 0 saturated heterocycles. The predicted molar refractivity (Wildman–Crippen MR) is 86.5 cm³/mol. The molecule has 1 heterocycles. The van der Waals surface area contributed by atoms with Crippen molar-refractivity contribution >= 4 is 5.91 Å². The zero-order chi connectivity index (χ0) is 15.9. The van der Waals surface area contributed by atoms with Crippen molar-refractivity contribution in [2.45, 2.75) is 39.2 Å². The van der Waals surface area contributed by atoms with Crippen molar-refractivity contribution in [3.05, 3.63) is 35.4 Å². The summed E-state index contributed by atoms with van der Waals surface area (Å²) in [6, 6.07) is 7.98. The number of hydrogen-bond donors (Lipinski definition) is 2. The standard InChI is InChI=1S/C18H27NO3/c1-13(2)11-14(7-9-20)12-19-18(21)17-16-6-4-3-5-15(16)8-10-22-17/h3-6,13-14,17,20H,7-12H2,1-2H3,(H,19,21). The third-order valence-electron chi connectivity index (χ3n) is 4.14. The highest BCUT2D eigenvalue weighted by molar-refractivity contribution is 5.82. The molecule has 122 valence electrons. The van der Waals surface area contributed by atoms with E-state index < -0.39 is 6.10 Å². The molecule has 1 amide bonds. The SMILES string of the molecule is CC(C)CC(CCO)CNC(=O)C1OCCc2ccccc21. The Balaban J connectivity index is 1.95. The number of nitrogens with one attached hydrogen (secondary N) is 1. The van der Waals surface area contributed by atoms with Gasteiger partial charge in [0.1, 0.15) is 0 Å². The van der Waals surface area contributed by atoms with Gasteiger partial charge in [-0.05, 0) is 42.2 Å². The van der Waals surface area contributed by atoms with E-state index >= 15 is 0 Å². The van der Waals surface area contributed by atoms with Crippen LogP contribution in [-0.2, 0) is 16.0 Å². The van der Waals surface area contributed by atoms with Crippen LogP contribution in [0.25, 0.3) is 0 Å². The molecule has 1 aromatic rings. The number of rotatable bonds is 7. The Hall–Kier alpha value is -1.39. The fraction of sp³-hybridized carbons (Fsp3) is 0.611. The topological polar surface area (TPSA) is 58.6 Å². The van der Waals surface area contributed by atoms with Crippen LogP contribution in [0.4, 0.5) is 0 Å². The number of aliphatic hydroxyl groups is 1. The highest BCUT2D eigenvalue weighted by atomic mass is 16.5. The Morgan fingerprint density at radius 2 is 2.18 bits per heavy atom. The van der Waals surface area contributed by atoms with Crippen LogP contribution in [-0.4, -0.2) is 30.8 Å². The second-order valence-electron chi connectivity index (χ2n) is 6.45. The molecule has 2 N–H and O–H groups in total. The van der Waals surface area contributed by atoms with E-state index in [0.29, 0.717) is 25.0 Å². The molecule has 0 aliphatic carbocycles. The van der Waals surface area contributed by atoms with Crippen molar-refractivity contribution in [1.82, 2.24) is 5.32 Å². The molecule has 4 nitrogen and oxygen atoms in total. The molecular weight excluding hydrogens is 278 g/mol. The summed E-state index contributed by atoms with van der Waals surface area (Å²) in [5.74, 6) is 0.798. The lowest BCUT2D eigenvalue weighted by molar-refractivity contribution is -0.134. The van der Waals surface area contributed by atoms with Gasteiger partial charge in [-0.15, -0.1) is 0 Å². The molecule has 0 fully saturated rings. The fourth-order valence-electron chi connectivity index (χ4n) is 3.10. The van der Waals surface area contributed by atoms with E-state index in [4.69, 9.17) is 9.84 Å². The fourth-order valence-corrected chi connectivity index (χ4v) is 3.10. The first-order valence-corrected chi connectivity index (χ1v) is 8.19. The number of hydrogen-bond acceptors (Lipinski definition) is 3. The average molecular weight is 305 g/mol. The third-order valence-corrected chi connectivity index (χ3v) is 4.14. The lowest BCUT2D eigenvalue weighted by Gasteiger charge is -2.26. The Morgan fingerprint density at radius 1 is 1.41 bits per heavy atom. The van der Waals surface area contributed by atoms with E-state index in [1.165, 1.54) is 5.56 Å². The van der Waals surface area contributed by atoms with Gasteiger partial charge < -0.3 is 15.2 Å². The van der Waals surface area contributed by atoms with Crippen molar-refractivity contribution in [1.29, 1.82) is 0 Å². The van der Waals surface area contributed by atoms with Gasteiger partial charge in [-0.2, -0.15) is 0 Å². The Kier molecular flexibility index (Phi) is 6.40. The minimum atomic E-state index is -0.501. The Morgan fingerprint density at radius 3 is 2.91 bits per heavy atom. The van der Waals surface area contributed by atoms with E-state index in [-0.39, 0.29) is 12.5 Å². The minimum Gasteiger partial charge on any atom is -0.396 e. The number of carbonyl (C=O) groups is 1. The smallest absolute Gasteiger partial charge is 0.253 e. The number of carbonyl (C=O) groups excluding carboxylic acids is 1. The molecule has 1 aliphatic rings. The first-order chi connectivity index (χ1) is 10.6. The molecule has 0 bridgehead atoms. The molecule has 2 atom stereocenters. The van der Waals surface area contributed by atoms with Crippen LogP contribution < -0.4 is 5.32 Å². The summed E-state index contributed by atoms with van der Waals surface area (Å²) in [5, 5.41) is 12.2. The monoisotopic (exact) mass is 305 g/mol. The first-order valence-electron chi connectivity index (χ1n) is 8.19. The highest BCUT2D eigenvalue weighted by Crippen LogP contribution is 2.27. The van der Waals surface area contributed by atoms with Gasteiger partial charge in [-0.1, -0.05) is 38.1 Å². The summed E-state index contributed by atoms with van der Waals surface area (Å²) in [5.41, 5.74) is 2.18. The van der Waals surface area contributed by atoms with Crippen molar-refractivity contribution in [2.24, 2.45) is 11.8 Å². The predicted octanol–water partition coefficient (Wildman–Crippen LogP) is 2.46. The molecule has 22 heavy (non-hydrogen) atoms. The van der Waals surface area contributed by atoms with Crippen LogP contribution in [0.15, 0.2) is 24.3 Å². The highest BCUT2D eigenvalue weighted by Gasteiger charge is 2.27. The van der Waals surface area contributed by atoms with Crippen LogP contribution in [0, 0.1) is 11.8 Å². The number of aliphatic hydroxyl groups excluding tert-OH is 1. The third kappa shape index (κ3) is 4.55. The normalized spacial score (nSPS) is 18.8. The van der Waals surface area contributed by atoms with Crippen LogP contribution in [0.2, 0.25) is 0 Å². The molecular formula is C18H27NO3. The van der Waals surface area contributed by atoms with Crippen molar-refractivity contribution in [3.8, 4) is 0 Å². The van der Waals surface area contributed by atoms with E-state index in [0.717, 1.165) is 24.8 Å². The molecule has 0 radical (unpaired) electrons. The minimum absolute atomic E-state index is 0.0705. The summed E-state index contributed by atoms with van der Waals surface area (Å²) < 4.78 is 5.68. The largest absolute Gasteiger partial charge is 0.396 e. The molecule has 0 aromatic heterocycles. The molecule has 1 aliphatic heterocycles. The summed E-state index contributed by atoms with van der Waals surface area (Å²) in [6.45, 7) is 5.66. The van der Waals surface area contributed by atoms with Gasteiger partial charge in [0, 0.05) is 13.2 Å². The number of benzene rings is 1. The van der Waals surface area contributed by atoms with Crippen LogP contribution in [0.1, 0.15) is 43.9 Å². The number of fused-ring (bicyclic) bond motifs is 1. The molecule has 2 unspecified atom stereocenters. The Labute approximate surface area is 132 Å². The average Bonchev–Trinajstić information content (AvgIpc) is 2.51. The lowest BCUT2D eigenvalue weighted by Crippen LogP contribution is -2.37. The van der Waals surface area contributed by atoms with Crippen LogP contribution >= 0.6 is 0 Å². The summed E-state index contributed by atoms with van der Waals surface area (Å²) in [7, 11) is 0. The van der Waals surface area contributed by atoms with Crippen molar-refractivity contribution in [2.75, 3.05) is 19.8 Å². The van der Waals surface area contributed by atoms with Gasteiger partial charge in [0.05, 0.1) is 6.61 Å². The first kappa shape index (κ1) is 17.0. The van der Waals surface area contributed by atoms with E-state index in [9.17, 15) is 4.79 Å². The van der Waals surface area contributed by atoms with Gasteiger partial charge >= 0.3 is 0 Å². The van der Waals surface area contributed by atoms with Crippen LogP contribution in [0.5, 0.6) is 0 Å². The maximum Gasteiger partial charge on any atom is 0.253 e. The second kappa shape index (κ2) is 8.30. The van der Waals surface area contributed by atoms with Gasteiger partial charge in [0.15, 0.2) is 6.10 Å². The molecule has 4 heteroatoms. The lowest BCUT2D eigenvalue weighted by atomic mass is 9.93. The van der Waals surface area contributed by atoms with Gasteiger partial charge in [-0.25, -0.2) is 0 Å². The number of amides is 1. The molecule has 0 saturated carbocycles. The molecule has 2 rings (SSSR count). The zero-order valence-electron chi connectivity index (χ0n) is 13.5. The van der Waals surface area contributed by atoms with Crippen LogP contribution in [0.3, 0.4) is 0 Å².